The number of ether oxygens (including phenoxy) is 1. The van der Waals surface area contributed by atoms with Gasteiger partial charge in [0.25, 0.3) is 0 Å². The lowest BCUT2D eigenvalue weighted by Crippen LogP contribution is -2.12. The summed E-state index contributed by atoms with van der Waals surface area (Å²) in [5.74, 6) is 2.30. The number of aromatic nitrogens is 2. The molecule has 3 rings (SSSR count). The summed E-state index contributed by atoms with van der Waals surface area (Å²) >= 11 is 3.50. The molecule has 0 saturated heterocycles. The molecule has 0 aliphatic carbocycles. The van der Waals surface area contributed by atoms with Gasteiger partial charge in [-0.2, -0.15) is 0 Å². The molecule has 0 spiro atoms. The highest BCUT2D eigenvalue weighted by atomic mass is 79.9. The summed E-state index contributed by atoms with van der Waals surface area (Å²) in [5.41, 5.74) is 1.78. The molecule has 0 saturated carbocycles. The van der Waals surface area contributed by atoms with Crippen LogP contribution in [-0.4, -0.2) is 31.2 Å². The van der Waals surface area contributed by atoms with Gasteiger partial charge in [-0.15, -0.1) is 0 Å². The molecule has 3 aromatic rings. The first-order valence-electron chi connectivity index (χ1n) is 6.88. The van der Waals surface area contributed by atoms with E-state index >= 15 is 0 Å². The molecule has 22 heavy (non-hydrogen) atoms. The number of rotatable bonds is 3. The van der Waals surface area contributed by atoms with E-state index in [1.54, 1.807) is 7.11 Å². The van der Waals surface area contributed by atoms with Crippen molar-refractivity contribution >= 4 is 32.7 Å². The zero-order chi connectivity index (χ0) is 15.7. The van der Waals surface area contributed by atoms with E-state index in [0.29, 0.717) is 5.82 Å². The maximum atomic E-state index is 5.45. The van der Waals surface area contributed by atoms with Gasteiger partial charge < -0.3 is 9.64 Å². The van der Waals surface area contributed by atoms with Gasteiger partial charge >= 0.3 is 0 Å². The second kappa shape index (κ2) is 5.93. The Hall–Kier alpha value is -2.14. The molecular weight excluding hydrogens is 342 g/mol. The molecule has 112 valence electrons. The lowest BCUT2D eigenvalue weighted by molar-refractivity contribution is 0.416. The average molecular weight is 358 g/mol. The van der Waals surface area contributed by atoms with Crippen molar-refractivity contribution in [2.45, 2.75) is 0 Å². The van der Waals surface area contributed by atoms with E-state index in [0.717, 1.165) is 32.5 Å². The van der Waals surface area contributed by atoms with Crippen molar-refractivity contribution in [2.24, 2.45) is 0 Å². The van der Waals surface area contributed by atoms with E-state index < -0.39 is 0 Å². The van der Waals surface area contributed by atoms with Gasteiger partial charge in [0.15, 0.2) is 5.82 Å². The lowest BCUT2D eigenvalue weighted by Gasteiger charge is -2.16. The van der Waals surface area contributed by atoms with Crippen molar-refractivity contribution in [3.05, 3.63) is 46.9 Å². The molecule has 5 heteroatoms. The Balaban J connectivity index is 2.30. The van der Waals surface area contributed by atoms with E-state index in [2.05, 4.69) is 15.9 Å². The van der Waals surface area contributed by atoms with Gasteiger partial charge in [0, 0.05) is 24.0 Å². The fourth-order valence-electron chi connectivity index (χ4n) is 2.38. The Morgan fingerprint density at radius 3 is 2.55 bits per heavy atom. The number of halogens is 1. The summed E-state index contributed by atoms with van der Waals surface area (Å²) in [6.07, 6.45) is 0. The molecule has 0 aliphatic heterocycles. The molecular formula is C17H16BrN3O. The summed E-state index contributed by atoms with van der Waals surface area (Å²) < 4.78 is 6.42. The average Bonchev–Trinajstić information content (AvgIpc) is 2.53. The minimum absolute atomic E-state index is 0.653. The van der Waals surface area contributed by atoms with Crippen LogP contribution in [0, 0.1) is 0 Å². The Kier molecular flexibility index (Phi) is 3.98. The molecule has 1 heterocycles. The van der Waals surface area contributed by atoms with Gasteiger partial charge in [0.2, 0.25) is 0 Å². The van der Waals surface area contributed by atoms with Crippen LogP contribution in [-0.2, 0) is 0 Å². The third-order valence-electron chi connectivity index (χ3n) is 3.41. The van der Waals surface area contributed by atoms with Crippen LogP contribution in [0.25, 0.3) is 22.3 Å². The standard InChI is InChI=1S/C17H16BrN3O/c1-21(2)17-12-6-4-5-7-14(12)19-16(20-17)13-10-11(18)8-9-15(13)22-3/h4-10H,1-3H3. The predicted octanol–water partition coefficient (Wildman–Crippen LogP) is 4.13. The van der Waals surface area contributed by atoms with Gasteiger partial charge in [0.1, 0.15) is 11.6 Å². The maximum absolute atomic E-state index is 5.45. The summed E-state index contributed by atoms with van der Waals surface area (Å²) in [5, 5.41) is 1.03. The van der Waals surface area contributed by atoms with Crippen LogP contribution in [0.3, 0.4) is 0 Å². The topological polar surface area (TPSA) is 38.2 Å². The fraction of sp³-hybridized carbons (Fsp3) is 0.176. The van der Waals surface area contributed by atoms with Crippen LogP contribution in [0.5, 0.6) is 5.75 Å². The summed E-state index contributed by atoms with van der Waals surface area (Å²) in [6, 6.07) is 13.8. The van der Waals surface area contributed by atoms with E-state index in [1.807, 2.05) is 61.5 Å². The zero-order valence-corrected chi connectivity index (χ0v) is 14.3. The summed E-state index contributed by atoms with van der Waals surface area (Å²) in [4.78, 5) is 11.4. The number of hydrogen-bond acceptors (Lipinski definition) is 4. The minimum atomic E-state index is 0.653. The molecule has 0 unspecified atom stereocenters. The van der Waals surface area contributed by atoms with Gasteiger partial charge in [0.05, 0.1) is 18.2 Å². The highest BCUT2D eigenvalue weighted by Gasteiger charge is 2.14. The molecule has 0 amide bonds. The number of methoxy groups -OCH3 is 1. The predicted molar refractivity (Wildman–Crippen MR) is 93.6 cm³/mol. The van der Waals surface area contributed by atoms with Crippen LogP contribution >= 0.6 is 15.9 Å². The smallest absolute Gasteiger partial charge is 0.165 e. The molecule has 0 radical (unpaired) electrons. The number of para-hydroxylation sites is 1. The molecule has 2 aromatic carbocycles. The van der Waals surface area contributed by atoms with E-state index in [1.165, 1.54) is 0 Å². The second-order valence-electron chi connectivity index (χ2n) is 5.13. The molecule has 0 atom stereocenters. The number of fused-ring (bicyclic) bond motifs is 1. The van der Waals surface area contributed by atoms with Crippen LogP contribution in [0.15, 0.2) is 46.9 Å². The minimum Gasteiger partial charge on any atom is -0.496 e. The largest absolute Gasteiger partial charge is 0.496 e. The molecule has 0 bridgehead atoms. The summed E-state index contributed by atoms with van der Waals surface area (Å²) in [7, 11) is 5.62. The summed E-state index contributed by atoms with van der Waals surface area (Å²) in [6.45, 7) is 0. The van der Waals surface area contributed by atoms with Crippen molar-refractivity contribution in [1.29, 1.82) is 0 Å². The van der Waals surface area contributed by atoms with E-state index in [4.69, 9.17) is 14.7 Å². The molecule has 0 fully saturated rings. The Morgan fingerprint density at radius 2 is 1.82 bits per heavy atom. The second-order valence-corrected chi connectivity index (χ2v) is 6.04. The first-order valence-corrected chi connectivity index (χ1v) is 7.67. The Bertz CT molecular complexity index is 833. The Labute approximate surface area is 137 Å². The zero-order valence-electron chi connectivity index (χ0n) is 12.7. The van der Waals surface area contributed by atoms with Crippen LogP contribution in [0.1, 0.15) is 0 Å². The molecule has 1 aromatic heterocycles. The third kappa shape index (κ3) is 2.64. The first-order chi connectivity index (χ1) is 10.6. The number of nitrogens with zero attached hydrogens (tertiary/aromatic N) is 3. The Morgan fingerprint density at radius 1 is 1.05 bits per heavy atom. The van der Waals surface area contributed by atoms with Crippen molar-refractivity contribution in [2.75, 3.05) is 26.1 Å². The van der Waals surface area contributed by atoms with Crippen LogP contribution in [0.4, 0.5) is 5.82 Å². The van der Waals surface area contributed by atoms with Gasteiger partial charge in [-0.25, -0.2) is 9.97 Å². The van der Waals surface area contributed by atoms with Crippen molar-refractivity contribution in [3.8, 4) is 17.1 Å². The van der Waals surface area contributed by atoms with Crippen molar-refractivity contribution in [1.82, 2.24) is 9.97 Å². The van der Waals surface area contributed by atoms with Crippen molar-refractivity contribution < 1.29 is 4.74 Å². The maximum Gasteiger partial charge on any atom is 0.165 e. The number of hydrogen-bond donors (Lipinski definition) is 0. The van der Waals surface area contributed by atoms with Gasteiger partial charge in [-0.1, -0.05) is 28.1 Å². The fourth-order valence-corrected chi connectivity index (χ4v) is 2.74. The first kappa shape index (κ1) is 14.8. The number of benzene rings is 2. The van der Waals surface area contributed by atoms with Crippen LogP contribution in [0.2, 0.25) is 0 Å². The van der Waals surface area contributed by atoms with Gasteiger partial charge in [-0.05, 0) is 30.3 Å². The van der Waals surface area contributed by atoms with Crippen molar-refractivity contribution in [3.63, 3.8) is 0 Å². The normalized spacial score (nSPS) is 10.7. The van der Waals surface area contributed by atoms with E-state index in [9.17, 15) is 0 Å². The molecule has 4 nitrogen and oxygen atoms in total. The SMILES string of the molecule is COc1ccc(Br)cc1-c1nc(N(C)C)c2ccccc2n1. The molecule has 0 N–H and O–H groups in total. The molecule has 0 aliphatic rings. The quantitative estimate of drug-likeness (QED) is 0.706. The van der Waals surface area contributed by atoms with Gasteiger partial charge in [-0.3, -0.25) is 0 Å². The van der Waals surface area contributed by atoms with E-state index in [-0.39, 0.29) is 0 Å². The highest BCUT2D eigenvalue weighted by Crippen LogP contribution is 2.33. The third-order valence-corrected chi connectivity index (χ3v) is 3.90. The van der Waals surface area contributed by atoms with Crippen LogP contribution < -0.4 is 9.64 Å². The monoisotopic (exact) mass is 357 g/mol. The highest BCUT2D eigenvalue weighted by molar-refractivity contribution is 9.10. The number of anilines is 1. The lowest BCUT2D eigenvalue weighted by atomic mass is 10.1.